The van der Waals surface area contributed by atoms with E-state index in [2.05, 4.69) is 46.1 Å². The number of carbonyl (C=O) groups is 1. The lowest BCUT2D eigenvalue weighted by Gasteiger charge is -2.19. The minimum absolute atomic E-state index is 0.0341. The number of ether oxygens (including phenoxy) is 1. The van der Waals surface area contributed by atoms with Crippen LogP contribution in [0.2, 0.25) is 0 Å². The number of hydrogen-bond donors (Lipinski definition) is 1. The predicted molar refractivity (Wildman–Crippen MR) is 127 cm³/mol. The first-order valence-electron chi connectivity index (χ1n) is 11.0. The highest BCUT2D eigenvalue weighted by molar-refractivity contribution is 5.78. The lowest BCUT2D eigenvalue weighted by atomic mass is 9.92. The molecule has 0 aliphatic rings. The summed E-state index contributed by atoms with van der Waals surface area (Å²) in [4.78, 5) is 24.6. The first kappa shape index (κ1) is 23.3. The molecule has 9 nitrogen and oxygen atoms in total. The quantitative estimate of drug-likeness (QED) is 0.409. The molecule has 0 spiro atoms. The Morgan fingerprint density at radius 1 is 1.18 bits per heavy atom. The van der Waals surface area contributed by atoms with Crippen LogP contribution in [0.1, 0.15) is 39.1 Å². The summed E-state index contributed by atoms with van der Waals surface area (Å²) in [6.07, 6.45) is 3.46. The minimum atomic E-state index is -0.489. The number of nitrogens with zero attached hydrogens (tertiary/aromatic N) is 6. The van der Waals surface area contributed by atoms with Gasteiger partial charge >= 0.3 is 0 Å². The Labute approximate surface area is 197 Å². The number of nitrogens with one attached hydrogen (secondary N) is 1. The van der Waals surface area contributed by atoms with Gasteiger partial charge in [0.2, 0.25) is 5.95 Å². The maximum atomic E-state index is 13.0. The van der Waals surface area contributed by atoms with Gasteiger partial charge in [-0.1, -0.05) is 20.8 Å². The van der Waals surface area contributed by atoms with Crippen molar-refractivity contribution in [1.29, 1.82) is 0 Å². The molecule has 0 aliphatic heterocycles. The maximum Gasteiger partial charge on any atom is 0.210 e. The Morgan fingerprint density at radius 3 is 2.68 bits per heavy atom. The van der Waals surface area contributed by atoms with Crippen molar-refractivity contribution < 1.29 is 13.9 Å². The van der Waals surface area contributed by atoms with E-state index in [0.29, 0.717) is 34.6 Å². The summed E-state index contributed by atoms with van der Waals surface area (Å²) >= 11 is 0. The maximum absolute atomic E-state index is 13.0. The zero-order valence-electron chi connectivity index (χ0n) is 20.0. The molecule has 178 valence electrons. The molecule has 0 saturated carbocycles. The number of Topliss-reactive ketones (excluding diaryl/α,β-unsaturated/α-hetero) is 1. The van der Waals surface area contributed by atoms with Crippen molar-refractivity contribution in [2.75, 3.05) is 12.0 Å². The smallest absolute Gasteiger partial charge is 0.210 e. The van der Waals surface area contributed by atoms with Crippen LogP contribution in [0.15, 0.2) is 36.7 Å². The molecule has 10 heteroatoms. The van der Waals surface area contributed by atoms with E-state index < -0.39 is 6.67 Å². The van der Waals surface area contributed by atoms with Crippen molar-refractivity contribution in [2.24, 2.45) is 7.05 Å². The van der Waals surface area contributed by atoms with Crippen molar-refractivity contribution in [3.05, 3.63) is 48.0 Å². The summed E-state index contributed by atoms with van der Waals surface area (Å²) in [7, 11) is 1.86. The second kappa shape index (κ2) is 9.20. The number of pyridine rings is 2. The van der Waals surface area contributed by atoms with Gasteiger partial charge in [0.1, 0.15) is 24.0 Å². The number of imidazole rings is 1. The van der Waals surface area contributed by atoms with Crippen LogP contribution < -0.4 is 10.1 Å². The van der Waals surface area contributed by atoms with Gasteiger partial charge in [-0.15, -0.1) is 0 Å². The third kappa shape index (κ3) is 5.05. The van der Waals surface area contributed by atoms with E-state index >= 15 is 0 Å². The van der Waals surface area contributed by atoms with Gasteiger partial charge < -0.3 is 14.6 Å². The zero-order valence-corrected chi connectivity index (χ0v) is 20.0. The highest BCUT2D eigenvalue weighted by Crippen LogP contribution is 2.29. The lowest BCUT2D eigenvalue weighted by molar-refractivity contribution is -0.116. The van der Waals surface area contributed by atoms with Gasteiger partial charge in [-0.05, 0) is 13.0 Å². The van der Waals surface area contributed by atoms with Crippen LogP contribution in [0.5, 0.6) is 11.5 Å². The molecule has 0 aromatic carbocycles. The van der Waals surface area contributed by atoms with Gasteiger partial charge in [-0.3, -0.25) is 14.5 Å². The van der Waals surface area contributed by atoms with Crippen LogP contribution >= 0.6 is 0 Å². The normalized spacial score (nSPS) is 11.7. The van der Waals surface area contributed by atoms with E-state index in [0.717, 1.165) is 11.2 Å². The van der Waals surface area contributed by atoms with Gasteiger partial charge in [-0.25, -0.2) is 9.37 Å². The highest BCUT2D eigenvalue weighted by atomic mass is 19.1. The SMILES string of the molecule is CC(=O)Cc1cc(Oc2cnc3nc(Nc4cc(C(C)(C)C)n(CCF)n4)n(C)c3c2)ccn1. The van der Waals surface area contributed by atoms with Crippen molar-refractivity contribution in [3.63, 3.8) is 0 Å². The second-order valence-electron chi connectivity index (χ2n) is 9.17. The number of aromatic nitrogens is 6. The Kier molecular flexibility index (Phi) is 6.32. The summed E-state index contributed by atoms with van der Waals surface area (Å²) < 4.78 is 22.5. The van der Waals surface area contributed by atoms with E-state index in [9.17, 15) is 9.18 Å². The van der Waals surface area contributed by atoms with Crippen LogP contribution in [0, 0.1) is 0 Å². The Hall–Kier alpha value is -3.82. The lowest BCUT2D eigenvalue weighted by Crippen LogP contribution is -2.19. The van der Waals surface area contributed by atoms with Crippen LogP contribution in [-0.4, -0.2) is 41.8 Å². The fraction of sp³-hybridized carbons (Fsp3) is 0.375. The number of ketones is 1. The van der Waals surface area contributed by atoms with Crippen molar-refractivity contribution in [3.8, 4) is 11.5 Å². The number of halogens is 1. The van der Waals surface area contributed by atoms with Crippen LogP contribution in [-0.2, 0) is 30.2 Å². The number of rotatable bonds is 8. The van der Waals surface area contributed by atoms with Gasteiger partial charge in [0.05, 0.1) is 24.0 Å². The topological polar surface area (TPSA) is 99.7 Å². The molecule has 4 aromatic rings. The molecular formula is C24H28FN7O2. The van der Waals surface area contributed by atoms with E-state index in [1.54, 1.807) is 29.2 Å². The summed E-state index contributed by atoms with van der Waals surface area (Å²) in [6.45, 7) is 7.42. The van der Waals surface area contributed by atoms with Crippen molar-refractivity contribution in [2.45, 2.75) is 46.1 Å². The van der Waals surface area contributed by atoms with E-state index in [1.165, 1.54) is 6.92 Å². The molecule has 0 saturated heterocycles. The van der Waals surface area contributed by atoms with E-state index in [-0.39, 0.29) is 24.2 Å². The van der Waals surface area contributed by atoms with Crippen LogP contribution in [0.25, 0.3) is 11.2 Å². The number of aryl methyl sites for hydroxylation is 2. The molecule has 0 bridgehead atoms. The second-order valence-corrected chi connectivity index (χ2v) is 9.17. The van der Waals surface area contributed by atoms with Crippen LogP contribution in [0.4, 0.5) is 16.2 Å². The van der Waals surface area contributed by atoms with E-state index in [1.807, 2.05) is 23.7 Å². The fourth-order valence-corrected chi connectivity index (χ4v) is 3.67. The molecule has 0 amide bonds. The molecule has 4 heterocycles. The van der Waals surface area contributed by atoms with Gasteiger partial charge in [0, 0.05) is 49.0 Å². The zero-order chi connectivity index (χ0) is 24.5. The molecule has 0 radical (unpaired) electrons. The third-order valence-corrected chi connectivity index (χ3v) is 5.25. The number of alkyl halides is 1. The number of fused-ring (bicyclic) bond motifs is 1. The molecule has 0 fully saturated rings. The number of anilines is 2. The predicted octanol–water partition coefficient (Wildman–Crippen LogP) is 4.49. The third-order valence-electron chi connectivity index (χ3n) is 5.25. The first-order valence-corrected chi connectivity index (χ1v) is 11.0. The average Bonchev–Trinajstić information content (AvgIpc) is 3.29. The van der Waals surface area contributed by atoms with Crippen molar-refractivity contribution >= 4 is 28.7 Å². The standard InChI is InChI=1S/C24H28FN7O2/c1-15(33)10-16-11-17(6-8-26-16)34-18-12-19-22(27-14-18)29-23(31(19)5)28-21-13-20(24(2,3)4)32(30-21)9-7-25/h6,8,11-14H,7,9-10H2,1-5H3,(H,27,28,29,30). The molecular weight excluding hydrogens is 437 g/mol. The largest absolute Gasteiger partial charge is 0.456 e. The molecule has 0 unspecified atom stereocenters. The monoisotopic (exact) mass is 465 g/mol. The summed E-state index contributed by atoms with van der Waals surface area (Å²) in [6, 6.07) is 7.22. The van der Waals surface area contributed by atoms with Gasteiger partial charge in [-0.2, -0.15) is 10.1 Å². The van der Waals surface area contributed by atoms with Gasteiger partial charge in [0.25, 0.3) is 0 Å². The summed E-state index contributed by atoms with van der Waals surface area (Å²) in [5.74, 6) is 2.28. The summed E-state index contributed by atoms with van der Waals surface area (Å²) in [5, 5.41) is 7.74. The van der Waals surface area contributed by atoms with Gasteiger partial charge in [0.15, 0.2) is 11.5 Å². The number of carbonyl (C=O) groups excluding carboxylic acids is 1. The fourth-order valence-electron chi connectivity index (χ4n) is 3.67. The molecule has 1 N–H and O–H groups in total. The molecule has 4 aromatic heterocycles. The summed E-state index contributed by atoms with van der Waals surface area (Å²) in [5.41, 5.74) is 2.70. The Bertz CT molecular complexity index is 1340. The molecule has 4 rings (SSSR count). The number of hydrogen-bond acceptors (Lipinski definition) is 7. The van der Waals surface area contributed by atoms with E-state index in [4.69, 9.17) is 4.74 Å². The van der Waals surface area contributed by atoms with Crippen LogP contribution in [0.3, 0.4) is 0 Å². The Morgan fingerprint density at radius 2 is 1.97 bits per heavy atom. The molecule has 34 heavy (non-hydrogen) atoms. The minimum Gasteiger partial charge on any atom is -0.456 e. The average molecular weight is 466 g/mol. The highest BCUT2D eigenvalue weighted by Gasteiger charge is 2.22. The Balaban J connectivity index is 1.59. The molecule has 0 atom stereocenters. The molecule has 0 aliphatic carbocycles. The van der Waals surface area contributed by atoms with Crippen molar-refractivity contribution in [1.82, 2.24) is 29.3 Å². The first-order chi connectivity index (χ1) is 16.1.